The molecule has 0 heterocycles. The van der Waals surface area contributed by atoms with E-state index in [4.69, 9.17) is 4.74 Å². The number of nitrogens with one attached hydrogen (secondary N) is 1. The number of aryl methyl sites for hydroxylation is 1. The van der Waals surface area contributed by atoms with Crippen LogP contribution in [0.1, 0.15) is 130 Å². The molecule has 2 aromatic carbocycles. The van der Waals surface area contributed by atoms with Gasteiger partial charge in [0.25, 0.3) is 0 Å². The average molecular weight is 627 g/mol. The summed E-state index contributed by atoms with van der Waals surface area (Å²) >= 11 is 0. The Kier molecular flexibility index (Phi) is 19.0. The summed E-state index contributed by atoms with van der Waals surface area (Å²) in [4.78, 5) is 12.7. The van der Waals surface area contributed by atoms with E-state index >= 15 is 0 Å². The largest absolute Gasteiger partial charge is 0.519 e. The van der Waals surface area contributed by atoms with E-state index < -0.39 is 0 Å². The first-order chi connectivity index (χ1) is 18.4. The number of hydrogen-bond donors (Lipinski definition) is 2. The monoisotopic (exact) mass is 626 g/mol. The van der Waals surface area contributed by atoms with Crippen LogP contribution in [0.5, 0.6) is 11.5 Å². The number of amides is 1. The summed E-state index contributed by atoms with van der Waals surface area (Å²) in [6.45, 7) is 20.6. The maximum absolute atomic E-state index is 12.7. The number of benzene rings is 2. The Morgan fingerprint density at radius 1 is 0.900 bits per heavy atom. The summed E-state index contributed by atoms with van der Waals surface area (Å²) < 4.78 is 5.81. The van der Waals surface area contributed by atoms with Gasteiger partial charge >= 0.3 is 0 Å². The summed E-state index contributed by atoms with van der Waals surface area (Å²) in [5, 5.41) is 13.9. The van der Waals surface area contributed by atoms with E-state index in [9.17, 15) is 9.90 Å². The topological polar surface area (TPSA) is 58.6 Å². The van der Waals surface area contributed by atoms with Gasteiger partial charge in [-0.3, -0.25) is 4.79 Å². The molecule has 0 unspecified atom stereocenters. The van der Waals surface area contributed by atoms with Crippen LogP contribution in [0.2, 0.25) is 0 Å². The number of anilines is 1. The molecule has 0 aliphatic carbocycles. The van der Waals surface area contributed by atoms with E-state index in [2.05, 4.69) is 66.8 Å². The SMILES string of the molecule is CCCCCCCCCCOc1[c-]cc(NC(=O)CCc2cc(C(C)(C)C)c(O)c(C(C)(C)C)c2)cc1.[CH2-]C.[Y]. The molecule has 0 spiro atoms. The second-order valence-electron chi connectivity index (χ2n) is 12.4. The number of carbonyl (C=O) groups excluding carboxylic acids is 1. The number of ether oxygens (including phenoxy) is 1. The molecule has 40 heavy (non-hydrogen) atoms. The van der Waals surface area contributed by atoms with E-state index in [1.165, 1.54) is 44.9 Å². The van der Waals surface area contributed by atoms with Crippen molar-refractivity contribution >= 4 is 11.6 Å². The minimum absolute atomic E-state index is 0. The Bertz CT molecular complexity index is 937. The predicted octanol–water partition coefficient (Wildman–Crippen LogP) is 9.72. The number of phenols is 1. The molecule has 2 aromatic rings. The fourth-order valence-electron chi connectivity index (χ4n) is 4.46. The Hall–Kier alpha value is -1.39. The van der Waals surface area contributed by atoms with Crippen molar-refractivity contribution in [2.24, 2.45) is 0 Å². The second-order valence-corrected chi connectivity index (χ2v) is 12.4. The minimum atomic E-state index is -0.184. The van der Waals surface area contributed by atoms with E-state index in [1.807, 2.05) is 24.3 Å². The van der Waals surface area contributed by atoms with Crippen molar-refractivity contribution in [2.75, 3.05) is 11.9 Å². The van der Waals surface area contributed by atoms with Gasteiger partial charge in [-0.1, -0.05) is 111 Å². The van der Waals surface area contributed by atoms with Crippen molar-refractivity contribution in [3.8, 4) is 11.5 Å². The first kappa shape index (κ1) is 38.6. The molecular weight excluding hydrogens is 571 g/mol. The van der Waals surface area contributed by atoms with E-state index in [-0.39, 0.29) is 49.4 Å². The van der Waals surface area contributed by atoms with Gasteiger partial charge in [0.05, 0.1) is 6.61 Å². The first-order valence-electron chi connectivity index (χ1n) is 14.9. The van der Waals surface area contributed by atoms with Gasteiger partial charge in [-0.05, 0) is 40.4 Å². The van der Waals surface area contributed by atoms with Crippen LogP contribution in [0.15, 0.2) is 30.3 Å². The third kappa shape index (κ3) is 14.5. The number of rotatable bonds is 14. The molecule has 0 aromatic heterocycles. The zero-order valence-corrected chi connectivity index (χ0v) is 29.6. The Labute approximate surface area is 271 Å². The molecule has 223 valence electrons. The quantitative estimate of drug-likeness (QED) is 0.162. The second kappa shape index (κ2) is 19.7. The molecule has 0 bridgehead atoms. The van der Waals surface area contributed by atoms with Crippen molar-refractivity contribution in [3.05, 3.63) is 60.0 Å². The third-order valence-electron chi connectivity index (χ3n) is 6.75. The smallest absolute Gasteiger partial charge is 0.213 e. The fourth-order valence-corrected chi connectivity index (χ4v) is 4.46. The molecule has 5 heteroatoms. The van der Waals surface area contributed by atoms with Crippen molar-refractivity contribution in [2.45, 2.75) is 130 Å². The van der Waals surface area contributed by atoms with Gasteiger partial charge < -0.3 is 22.1 Å². The van der Waals surface area contributed by atoms with Crippen molar-refractivity contribution < 1.29 is 47.3 Å². The number of unbranched alkanes of at least 4 members (excludes halogenated alkanes) is 7. The zero-order valence-electron chi connectivity index (χ0n) is 26.7. The Morgan fingerprint density at radius 2 is 1.43 bits per heavy atom. The number of hydrogen-bond acceptors (Lipinski definition) is 3. The predicted molar refractivity (Wildman–Crippen MR) is 167 cm³/mol. The van der Waals surface area contributed by atoms with Crippen molar-refractivity contribution in [1.82, 2.24) is 0 Å². The van der Waals surface area contributed by atoms with Crippen LogP contribution in [0.3, 0.4) is 0 Å². The number of phenolic OH excluding ortho intramolecular Hbond substituents is 1. The van der Waals surface area contributed by atoms with Crippen LogP contribution in [0.4, 0.5) is 5.69 Å². The van der Waals surface area contributed by atoms with Gasteiger partial charge in [-0.15, -0.1) is 18.2 Å². The molecule has 0 fully saturated rings. The molecule has 0 saturated heterocycles. The van der Waals surface area contributed by atoms with Crippen LogP contribution < -0.4 is 10.1 Å². The van der Waals surface area contributed by atoms with Crippen LogP contribution >= 0.6 is 0 Å². The average Bonchev–Trinajstić information content (AvgIpc) is 2.88. The summed E-state index contributed by atoms with van der Waals surface area (Å²) in [5.41, 5.74) is 3.27. The molecule has 0 saturated carbocycles. The molecule has 4 nitrogen and oxygen atoms in total. The molecule has 2 N–H and O–H groups in total. The van der Waals surface area contributed by atoms with Crippen molar-refractivity contribution in [1.29, 1.82) is 0 Å². The number of carbonyl (C=O) groups is 1. The summed E-state index contributed by atoms with van der Waals surface area (Å²) in [6.07, 6.45) is 11.2. The molecule has 2 rings (SSSR count). The minimum Gasteiger partial charge on any atom is -0.519 e. The Morgan fingerprint density at radius 3 is 1.90 bits per heavy atom. The third-order valence-corrected chi connectivity index (χ3v) is 6.75. The van der Waals surface area contributed by atoms with Crippen LogP contribution in [0, 0.1) is 13.0 Å². The number of aromatic hydroxyl groups is 1. The maximum Gasteiger partial charge on any atom is 0.213 e. The van der Waals surface area contributed by atoms with Crippen LogP contribution in [-0.2, 0) is 54.8 Å². The van der Waals surface area contributed by atoms with E-state index in [0.29, 0.717) is 25.2 Å². The van der Waals surface area contributed by atoms with Gasteiger partial charge in [0, 0.05) is 44.9 Å². The van der Waals surface area contributed by atoms with Gasteiger partial charge in [-0.2, -0.15) is 13.0 Å². The standard InChI is InChI=1S/C33H50NO3.C2H5.Y/c1-8-9-10-11-12-13-14-15-22-37-27-19-17-26(18-20-27)34-30(35)21-16-25-23-28(32(2,3)4)31(36)29(24-25)33(5,6)7;1-2;/h17-19,23-24,36H,8-16,21-22H2,1-7H3,(H,34,35);1H2,2H3;/q2*-1;. The molecule has 1 radical (unpaired) electrons. The fraction of sp³-hybridized carbons (Fsp3) is 0.600. The van der Waals surface area contributed by atoms with Gasteiger partial charge in [-0.25, -0.2) is 0 Å². The van der Waals surface area contributed by atoms with Crippen LogP contribution in [0.25, 0.3) is 0 Å². The van der Waals surface area contributed by atoms with Gasteiger partial charge in [0.1, 0.15) is 5.75 Å². The summed E-state index contributed by atoms with van der Waals surface area (Å²) in [7, 11) is 0. The Balaban J connectivity index is 0.00000495. The van der Waals surface area contributed by atoms with Gasteiger partial charge in [0.15, 0.2) is 0 Å². The summed E-state index contributed by atoms with van der Waals surface area (Å²) in [6, 6.07) is 12.7. The molecule has 0 aliphatic rings. The van der Waals surface area contributed by atoms with E-state index in [0.717, 1.165) is 34.5 Å². The zero-order chi connectivity index (χ0) is 29.5. The molecule has 1 amide bonds. The molecular formula is C35H55NO3Y-2. The molecule has 0 atom stereocenters. The van der Waals surface area contributed by atoms with Crippen LogP contribution in [-0.4, -0.2) is 17.6 Å². The maximum atomic E-state index is 12.7. The van der Waals surface area contributed by atoms with E-state index in [1.54, 1.807) is 13.0 Å². The van der Waals surface area contributed by atoms with Crippen molar-refractivity contribution in [3.63, 3.8) is 0 Å². The van der Waals surface area contributed by atoms with Gasteiger partial charge in [0.2, 0.25) is 5.91 Å². The normalized spacial score (nSPS) is 11.2. The first-order valence-corrected chi connectivity index (χ1v) is 14.9. The summed E-state index contributed by atoms with van der Waals surface area (Å²) in [5.74, 6) is 1.05. The molecule has 0 aliphatic heterocycles.